The number of aliphatic hydroxyl groups is 1. The van der Waals surface area contributed by atoms with E-state index in [1.54, 1.807) is 0 Å². The number of aliphatic hydroxyl groups excluding tert-OH is 1. The number of amidine groups is 1. The molecule has 1 unspecified atom stereocenters. The van der Waals surface area contributed by atoms with Crippen LogP contribution >= 0.6 is 0 Å². The normalized spacial score (nSPS) is 13.2. The third-order valence-electron chi connectivity index (χ3n) is 3.28. The Morgan fingerprint density at radius 2 is 2.05 bits per heavy atom. The van der Waals surface area contributed by atoms with Gasteiger partial charge in [0.05, 0.1) is 5.69 Å². The maximum atomic E-state index is 9.40. The minimum absolute atomic E-state index is 0.0911. The zero-order valence-corrected chi connectivity index (χ0v) is 12.6. The van der Waals surface area contributed by atoms with Gasteiger partial charge in [0, 0.05) is 25.6 Å². The van der Waals surface area contributed by atoms with Crippen molar-refractivity contribution in [2.45, 2.75) is 27.2 Å². The monoisotopic (exact) mass is 260 g/mol. The molecule has 19 heavy (non-hydrogen) atoms. The molecule has 3 nitrogen and oxygen atoms in total. The van der Waals surface area contributed by atoms with Crippen LogP contribution in [-0.4, -0.2) is 29.9 Å². The molecule has 0 aliphatic carbocycles. The molecule has 0 radical (unpaired) electrons. The van der Waals surface area contributed by atoms with Gasteiger partial charge in [0.1, 0.15) is 11.6 Å². The zero-order valence-electron chi connectivity index (χ0n) is 12.6. The number of aliphatic imine (C=N–C) groups is 1. The van der Waals surface area contributed by atoms with Crippen molar-refractivity contribution >= 4 is 17.3 Å². The summed E-state index contributed by atoms with van der Waals surface area (Å²) in [5.74, 6) is 1.58. The second kappa shape index (κ2) is 6.41. The standard InChI is InChI=1S/C16H24N2O/c1-7-11(2)16(18(5)6)17-15-9-8-14(13(4)19)10-12(15)3/h8-11,19H,4,7H2,1-3,5-6H3/b17-16+. The lowest BCUT2D eigenvalue weighted by Gasteiger charge is -2.21. The van der Waals surface area contributed by atoms with Gasteiger partial charge in [-0.3, -0.25) is 0 Å². The minimum atomic E-state index is 0.0911. The summed E-state index contributed by atoms with van der Waals surface area (Å²) < 4.78 is 0. The molecule has 0 saturated carbocycles. The third kappa shape index (κ3) is 3.85. The van der Waals surface area contributed by atoms with Gasteiger partial charge in [-0.15, -0.1) is 0 Å². The summed E-state index contributed by atoms with van der Waals surface area (Å²) in [6, 6.07) is 5.68. The second-order valence-corrected chi connectivity index (χ2v) is 5.12. The molecule has 1 aromatic carbocycles. The lowest BCUT2D eigenvalue weighted by Crippen LogP contribution is -2.27. The zero-order chi connectivity index (χ0) is 14.6. The van der Waals surface area contributed by atoms with Crippen LogP contribution in [0, 0.1) is 12.8 Å². The van der Waals surface area contributed by atoms with E-state index in [1.165, 1.54) is 0 Å². The van der Waals surface area contributed by atoms with E-state index >= 15 is 0 Å². The Balaban J connectivity index is 3.18. The van der Waals surface area contributed by atoms with E-state index < -0.39 is 0 Å². The molecular weight excluding hydrogens is 236 g/mol. The van der Waals surface area contributed by atoms with E-state index in [-0.39, 0.29) is 5.76 Å². The van der Waals surface area contributed by atoms with E-state index in [2.05, 4.69) is 25.3 Å². The third-order valence-corrected chi connectivity index (χ3v) is 3.28. The van der Waals surface area contributed by atoms with Gasteiger partial charge in [0.15, 0.2) is 0 Å². The summed E-state index contributed by atoms with van der Waals surface area (Å²) in [6.07, 6.45) is 1.06. The molecule has 0 bridgehead atoms. The van der Waals surface area contributed by atoms with Gasteiger partial charge in [-0.05, 0) is 37.1 Å². The Hall–Kier alpha value is -1.77. The van der Waals surface area contributed by atoms with Gasteiger partial charge in [-0.1, -0.05) is 20.4 Å². The van der Waals surface area contributed by atoms with Crippen LogP contribution < -0.4 is 0 Å². The van der Waals surface area contributed by atoms with E-state index in [9.17, 15) is 5.11 Å². The van der Waals surface area contributed by atoms with Gasteiger partial charge >= 0.3 is 0 Å². The predicted octanol–water partition coefficient (Wildman–Crippen LogP) is 4.16. The van der Waals surface area contributed by atoms with Crippen molar-refractivity contribution in [3.63, 3.8) is 0 Å². The van der Waals surface area contributed by atoms with Crippen LogP contribution in [0.5, 0.6) is 0 Å². The number of hydrogen-bond donors (Lipinski definition) is 1. The molecule has 3 heteroatoms. The molecule has 0 aromatic heterocycles. The topological polar surface area (TPSA) is 35.8 Å². The molecule has 1 aromatic rings. The highest BCUT2D eigenvalue weighted by atomic mass is 16.3. The lowest BCUT2D eigenvalue weighted by molar-refractivity contribution is 0.514. The van der Waals surface area contributed by atoms with Crippen molar-refractivity contribution in [1.82, 2.24) is 4.90 Å². The maximum Gasteiger partial charge on any atom is 0.115 e. The Labute approximate surface area is 116 Å². The first-order chi connectivity index (χ1) is 8.86. The van der Waals surface area contributed by atoms with E-state index in [0.29, 0.717) is 5.92 Å². The molecule has 0 heterocycles. The quantitative estimate of drug-likeness (QED) is 0.501. The Morgan fingerprint density at radius 1 is 1.42 bits per heavy atom. The van der Waals surface area contributed by atoms with Gasteiger partial charge in [-0.25, -0.2) is 4.99 Å². The number of benzene rings is 1. The summed E-state index contributed by atoms with van der Waals surface area (Å²) >= 11 is 0. The Morgan fingerprint density at radius 3 is 2.47 bits per heavy atom. The fourth-order valence-corrected chi connectivity index (χ4v) is 1.92. The van der Waals surface area contributed by atoms with Gasteiger partial charge in [-0.2, -0.15) is 0 Å². The molecule has 0 spiro atoms. The summed E-state index contributed by atoms with van der Waals surface area (Å²) in [6.45, 7) is 9.87. The number of hydrogen-bond acceptors (Lipinski definition) is 2. The lowest BCUT2D eigenvalue weighted by atomic mass is 10.1. The predicted molar refractivity (Wildman–Crippen MR) is 83.1 cm³/mol. The highest BCUT2D eigenvalue weighted by Gasteiger charge is 2.11. The average Bonchev–Trinajstić information content (AvgIpc) is 2.35. The number of aryl methyl sites for hydroxylation is 1. The summed E-state index contributed by atoms with van der Waals surface area (Å²) in [5.41, 5.74) is 2.72. The van der Waals surface area contributed by atoms with Crippen LogP contribution in [0.25, 0.3) is 5.76 Å². The van der Waals surface area contributed by atoms with Crippen LogP contribution in [-0.2, 0) is 0 Å². The summed E-state index contributed by atoms with van der Waals surface area (Å²) in [4.78, 5) is 6.82. The fourth-order valence-electron chi connectivity index (χ4n) is 1.92. The maximum absolute atomic E-state index is 9.40. The SMILES string of the molecule is C=C(O)c1ccc(/N=C(\C(C)CC)N(C)C)c(C)c1. The van der Waals surface area contributed by atoms with Crippen molar-refractivity contribution in [2.75, 3.05) is 14.1 Å². The van der Waals surface area contributed by atoms with Crippen molar-refractivity contribution in [3.8, 4) is 0 Å². The summed E-state index contributed by atoms with van der Waals surface area (Å²) in [7, 11) is 4.04. The average molecular weight is 260 g/mol. The van der Waals surface area contributed by atoms with Crippen molar-refractivity contribution in [1.29, 1.82) is 0 Å². The molecule has 1 rings (SSSR count). The molecule has 104 valence electrons. The van der Waals surface area contributed by atoms with Crippen LogP contribution in [0.2, 0.25) is 0 Å². The van der Waals surface area contributed by atoms with Crippen molar-refractivity contribution in [3.05, 3.63) is 35.9 Å². The second-order valence-electron chi connectivity index (χ2n) is 5.12. The molecular formula is C16H24N2O. The molecule has 0 amide bonds. The molecule has 0 aliphatic heterocycles. The van der Waals surface area contributed by atoms with Crippen molar-refractivity contribution in [2.24, 2.45) is 10.9 Å². The Bertz CT molecular complexity index is 490. The number of nitrogens with zero attached hydrogens (tertiary/aromatic N) is 2. The van der Waals surface area contributed by atoms with Crippen molar-refractivity contribution < 1.29 is 5.11 Å². The van der Waals surface area contributed by atoms with E-state index in [0.717, 1.165) is 29.1 Å². The van der Waals surface area contributed by atoms with Gasteiger partial charge in [0.2, 0.25) is 0 Å². The fraction of sp³-hybridized carbons (Fsp3) is 0.438. The Kier molecular flexibility index (Phi) is 5.16. The van der Waals surface area contributed by atoms with Crippen LogP contribution in [0.1, 0.15) is 31.4 Å². The molecule has 0 fully saturated rings. The largest absolute Gasteiger partial charge is 0.508 e. The molecule has 1 atom stereocenters. The molecule has 0 aliphatic rings. The highest BCUT2D eigenvalue weighted by Crippen LogP contribution is 2.24. The first kappa shape index (κ1) is 15.3. The number of rotatable bonds is 4. The smallest absolute Gasteiger partial charge is 0.115 e. The van der Waals surface area contributed by atoms with Gasteiger partial charge in [0.25, 0.3) is 0 Å². The van der Waals surface area contributed by atoms with E-state index in [4.69, 9.17) is 4.99 Å². The molecule has 1 N–H and O–H groups in total. The van der Waals surface area contributed by atoms with E-state index in [1.807, 2.05) is 39.2 Å². The highest BCUT2D eigenvalue weighted by molar-refractivity contribution is 5.86. The van der Waals surface area contributed by atoms with Crippen LogP contribution in [0.15, 0.2) is 29.8 Å². The minimum Gasteiger partial charge on any atom is -0.508 e. The first-order valence-corrected chi connectivity index (χ1v) is 6.61. The van der Waals surface area contributed by atoms with Gasteiger partial charge < -0.3 is 10.0 Å². The van der Waals surface area contributed by atoms with Crippen LogP contribution in [0.3, 0.4) is 0 Å². The summed E-state index contributed by atoms with van der Waals surface area (Å²) in [5, 5.41) is 9.40. The molecule has 0 saturated heterocycles. The van der Waals surface area contributed by atoms with Crippen LogP contribution in [0.4, 0.5) is 5.69 Å². The first-order valence-electron chi connectivity index (χ1n) is 6.61.